The van der Waals surface area contributed by atoms with E-state index in [0.717, 1.165) is 11.0 Å². The first-order valence-electron chi connectivity index (χ1n) is 9.34. The second kappa shape index (κ2) is 7.20. The number of alkyl halides is 5. The number of piperidine rings is 1. The molecule has 4 heterocycles. The number of pyridine rings is 1. The number of amides is 1. The molecule has 1 unspecified atom stereocenters. The molecule has 31 heavy (non-hydrogen) atoms. The Bertz CT molecular complexity index is 1160. The van der Waals surface area contributed by atoms with E-state index in [9.17, 15) is 26.7 Å². The normalized spacial score (nSPS) is 19.1. The van der Waals surface area contributed by atoms with E-state index in [1.54, 1.807) is 13.0 Å². The van der Waals surface area contributed by atoms with Crippen LogP contribution in [0.2, 0.25) is 0 Å². The van der Waals surface area contributed by atoms with Gasteiger partial charge in [0.05, 0.1) is 23.5 Å². The van der Waals surface area contributed by atoms with Crippen molar-refractivity contribution in [1.29, 1.82) is 0 Å². The lowest BCUT2D eigenvalue weighted by Crippen LogP contribution is -2.49. The number of carbonyl (C=O) groups is 1. The van der Waals surface area contributed by atoms with Crippen molar-refractivity contribution >= 4 is 11.7 Å². The number of likely N-dealkylation sites (tertiary alicyclic amines) is 1. The lowest BCUT2D eigenvalue weighted by atomic mass is 9.91. The summed E-state index contributed by atoms with van der Waals surface area (Å²) in [5, 5.41) is 4.04. The van der Waals surface area contributed by atoms with Gasteiger partial charge in [-0.15, -0.1) is 0 Å². The van der Waals surface area contributed by atoms with Crippen molar-refractivity contribution in [2.75, 3.05) is 13.1 Å². The van der Waals surface area contributed by atoms with Gasteiger partial charge in [-0.25, -0.2) is 23.3 Å². The minimum absolute atomic E-state index is 0.0622. The molecule has 0 radical (unpaired) electrons. The number of nitrogens with zero attached hydrogens (tertiary/aromatic N) is 6. The highest BCUT2D eigenvalue weighted by molar-refractivity contribution is 5.95. The molecule has 7 nitrogen and oxygen atoms in total. The molecule has 0 aliphatic carbocycles. The Morgan fingerprint density at radius 2 is 1.94 bits per heavy atom. The minimum atomic E-state index is -4.67. The Kier molecular flexibility index (Phi) is 4.90. The molecule has 0 N–H and O–H groups in total. The highest BCUT2D eigenvalue weighted by Crippen LogP contribution is 2.37. The molecule has 12 heteroatoms. The van der Waals surface area contributed by atoms with Crippen molar-refractivity contribution in [2.24, 2.45) is 0 Å². The monoisotopic (exact) mass is 440 g/mol. The molecule has 0 bridgehead atoms. The fourth-order valence-corrected chi connectivity index (χ4v) is 3.82. The number of hydrogen-bond donors (Lipinski definition) is 0. The topological polar surface area (TPSA) is 76.3 Å². The SMILES string of the molecule is Cc1cc(C2CN(C(=O)c3ccc(C(F)(F)F)nc3C)CC(F)(F)C2)n2ncnc2n1. The van der Waals surface area contributed by atoms with Crippen molar-refractivity contribution < 1.29 is 26.7 Å². The summed E-state index contributed by atoms with van der Waals surface area (Å²) in [5.41, 5.74) is -0.487. The number of aryl methyl sites for hydroxylation is 2. The van der Waals surface area contributed by atoms with E-state index in [0.29, 0.717) is 17.5 Å². The van der Waals surface area contributed by atoms with Crippen molar-refractivity contribution in [3.63, 3.8) is 0 Å². The average Bonchev–Trinajstić information content (AvgIpc) is 3.13. The summed E-state index contributed by atoms with van der Waals surface area (Å²) in [7, 11) is 0. The van der Waals surface area contributed by atoms with Gasteiger partial charge in [-0.2, -0.15) is 23.3 Å². The molecule has 1 atom stereocenters. The van der Waals surface area contributed by atoms with E-state index >= 15 is 0 Å². The first-order valence-corrected chi connectivity index (χ1v) is 9.34. The van der Waals surface area contributed by atoms with E-state index in [2.05, 4.69) is 20.1 Å². The van der Waals surface area contributed by atoms with E-state index < -0.39 is 42.6 Å². The fourth-order valence-electron chi connectivity index (χ4n) is 3.82. The van der Waals surface area contributed by atoms with Crippen LogP contribution in [0.5, 0.6) is 0 Å². The standard InChI is InChI=1S/C19H17F5N6O/c1-10-5-14(30-17(27-10)25-9-26-30)12-6-18(20,21)8-29(7-12)16(31)13-3-4-15(19(22,23)24)28-11(13)2/h3-5,9,12H,6-8H2,1-2H3. The molecule has 1 aliphatic heterocycles. The maximum Gasteiger partial charge on any atom is 0.433 e. The molecule has 0 saturated carbocycles. The zero-order valence-corrected chi connectivity index (χ0v) is 16.5. The van der Waals surface area contributed by atoms with Gasteiger partial charge in [0.25, 0.3) is 17.6 Å². The minimum Gasteiger partial charge on any atom is -0.332 e. The van der Waals surface area contributed by atoms with Gasteiger partial charge in [-0.05, 0) is 32.0 Å². The lowest BCUT2D eigenvalue weighted by molar-refractivity contribution is -0.141. The van der Waals surface area contributed by atoms with E-state index in [1.165, 1.54) is 17.8 Å². The van der Waals surface area contributed by atoms with Crippen LogP contribution in [-0.4, -0.2) is 54.4 Å². The predicted molar refractivity (Wildman–Crippen MR) is 97.7 cm³/mol. The molecule has 1 amide bonds. The summed E-state index contributed by atoms with van der Waals surface area (Å²) in [6.45, 7) is 2.03. The zero-order valence-electron chi connectivity index (χ0n) is 16.5. The van der Waals surface area contributed by atoms with Gasteiger partial charge in [0.15, 0.2) is 0 Å². The molecule has 1 aliphatic rings. The Labute approximate surface area is 172 Å². The first-order chi connectivity index (χ1) is 14.4. The van der Waals surface area contributed by atoms with E-state index in [1.807, 2.05) is 0 Å². The van der Waals surface area contributed by atoms with Gasteiger partial charge in [-0.1, -0.05) is 0 Å². The summed E-state index contributed by atoms with van der Waals surface area (Å²) in [6.07, 6.45) is -3.93. The Balaban J connectivity index is 1.68. The molecular weight excluding hydrogens is 423 g/mol. The molecule has 1 fully saturated rings. The molecule has 1 saturated heterocycles. The molecule has 0 aromatic carbocycles. The largest absolute Gasteiger partial charge is 0.433 e. The van der Waals surface area contributed by atoms with Gasteiger partial charge in [-0.3, -0.25) is 4.79 Å². The summed E-state index contributed by atoms with van der Waals surface area (Å²) < 4.78 is 69.1. The maximum atomic E-state index is 14.6. The lowest BCUT2D eigenvalue weighted by Gasteiger charge is -2.38. The number of aromatic nitrogens is 5. The molecule has 164 valence electrons. The molecule has 4 rings (SSSR count). The Morgan fingerprint density at radius 3 is 2.61 bits per heavy atom. The van der Waals surface area contributed by atoms with Crippen LogP contribution in [0, 0.1) is 13.8 Å². The molecular formula is C19H17F5N6O. The molecule has 0 spiro atoms. The van der Waals surface area contributed by atoms with E-state index in [4.69, 9.17) is 0 Å². The quantitative estimate of drug-likeness (QED) is 0.571. The number of rotatable bonds is 2. The van der Waals surface area contributed by atoms with Crippen LogP contribution in [0.3, 0.4) is 0 Å². The maximum absolute atomic E-state index is 14.6. The van der Waals surface area contributed by atoms with Crippen molar-refractivity contribution in [2.45, 2.75) is 38.3 Å². The number of fused-ring (bicyclic) bond motifs is 1. The summed E-state index contributed by atoms with van der Waals surface area (Å²) in [4.78, 5) is 25.5. The van der Waals surface area contributed by atoms with Crippen LogP contribution in [0.4, 0.5) is 22.0 Å². The number of halogens is 5. The van der Waals surface area contributed by atoms with Gasteiger partial charge < -0.3 is 4.90 Å². The average molecular weight is 440 g/mol. The van der Waals surface area contributed by atoms with Crippen molar-refractivity contribution in [3.05, 3.63) is 52.9 Å². The smallest absolute Gasteiger partial charge is 0.332 e. The van der Waals surface area contributed by atoms with Gasteiger partial charge >= 0.3 is 6.18 Å². The summed E-state index contributed by atoms with van der Waals surface area (Å²) in [6, 6.07) is 3.26. The fraction of sp³-hybridized carbons (Fsp3) is 0.421. The van der Waals surface area contributed by atoms with Gasteiger partial charge in [0.2, 0.25) is 0 Å². The summed E-state index contributed by atoms with van der Waals surface area (Å²) >= 11 is 0. The Hall–Kier alpha value is -3.18. The first kappa shape index (κ1) is 21.1. The van der Waals surface area contributed by atoms with Crippen LogP contribution in [0.25, 0.3) is 5.78 Å². The molecule has 3 aromatic rings. The predicted octanol–water partition coefficient (Wildman–Crippen LogP) is 3.42. The van der Waals surface area contributed by atoms with Crippen LogP contribution >= 0.6 is 0 Å². The van der Waals surface area contributed by atoms with Crippen molar-refractivity contribution in [3.8, 4) is 0 Å². The third-order valence-corrected chi connectivity index (χ3v) is 5.13. The van der Waals surface area contributed by atoms with Crippen LogP contribution in [-0.2, 0) is 6.18 Å². The number of carbonyl (C=O) groups excluding carboxylic acids is 1. The number of hydrogen-bond acceptors (Lipinski definition) is 5. The zero-order chi connectivity index (χ0) is 22.6. The van der Waals surface area contributed by atoms with Crippen LogP contribution < -0.4 is 0 Å². The Morgan fingerprint density at radius 1 is 1.19 bits per heavy atom. The van der Waals surface area contributed by atoms with Crippen LogP contribution in [0.15, 0.2) is 24.5 Å². The van der Waals surface area contributed by atoms with E-state index in [-0.39, 0.29) is 23.6 Å². The highest BCUT2D eigenvalue weighted by atomic mass is 19.4. The van der Waals surface area contributed by atoms with Crippen LogP contribution in [0.1, 0.15) is 45.5 Å². The third kappa shape index (κ3) is 4.06. The highest BCUT2D eigenvalue weighted by Gasteiger charge is 2.44. The van der Waals surface area contributed by atoms with Crippen molar-refractivity contribution in [1.82, 2.24) is 29.5 Å². The second-order valence-electron chi connectivity index (χ2n) is 7.56. The third-order valence-electron chi connectivity index (χ3n) is 5.13. The van der Waals surface area contributed by atoms with Gasteiger partial charge in [0.1, 0.15) is 12.0 Å². The van der Waals surface area contributed by atoms with Gasteiger partial charge in [0, 0.05) is 24.6 Å². The molecule has 3 aromatic heterocycles. The second-order valence-corrected chi connectivity index (χ2v) is 7.56. The summed E-state index contributed by atoms with van der Waals surface area (Å²) in [5.74, 6) is -4.52.